The normalized spacial score (nSPS) is 15.7. The highest BCUT2D eigenvalue weighted by Crippen LogP contribution is 2.46. The highest BCUT2D eigenvalue weighted by atomic mass is 35.5. The van der Waals surface area contributed by atoms with Crippen LogP contribution in [0.4, 0.5) is 16.2 Å². The number of halogens is 1. The van der Waals surface area contributed by atoms with Gasteiger partial charge in [0, 0.05) is 53.3 Å². The molecule has 4 N–H and O–H groups in total. The van der Waals surface area contributed by atoms with Crippen molar-refractivity contribution in [3.63, 3.8) is 0 Å². The van der Waals surface area contributed by atoms with Crippen molar-refractivity contribution in [1.29, 1.82) is 5.41 Å². The molecule has 1 heterocycles. The van der Waals surface area contributed by atoms with Gasteiger partial charge in [-0.25, -0.2) is 4.79 Å². The van der Waals surface area contributed by atoms with Gasteiger partial charge in [-0.3, -0.25) is 10.1 Å². The summed E-state index contributed by atoms with van der Waals surface area (Å²) in [6, 6.07) is 8.56. The summed E-state index contributed by atoms with van der Waals surface area (Å²) in [6.45, 7) is 4.81. The minimum atomic E-state index is -0.904. The van der Waals surface area contributed by atoms with Gasteiger partial charge in [0.1, 0.15) is 5.75 Å². The van der Waals surface area contributed by atoms with Crippen LogP contribution in [0.5, 0.6) is 5.75 Å². The number of nitrogen functional groups attached to an aromatic ring is 1. The monoisotopic (exact) mass is 474 g/mol. The lowest BCUT2D eigenvalue weighted by molar-refractivity contribution is -0.384. The van der Waals surface area contributed by atoms with Crippen molar-refractivity contribution in [3.05, 3.63) is 62.7 Å². The van der Waals surface area contributed by atoms with Crippen LogP contribution < -0.4 is 10.5 Å². The van der Waals surface area contributed by atoms with Gasteiger partial charge in [-0.15, -0.1) is 0 Å². The molecule has 176 valence electrons. The van der Waals surface area contributed by atoms with Gasteiger partial charge in [0.15, 0.2) is 0 Å². The fourth-order valence-electron chi connectivity index (χ4n) is 4.24. The molecule has 2 aromatic rings. The van der Waals surface area contributed by atoms with Crippen molar-refractivity contribution < 1.29 is 19.6 Å². The number of hydrogen-bond donors (Lipinski definition) is 3. The highest BCUT2D eigenvalue weighted by molar-refractivity contribution is 6.31. The average Bonchev–Trinajstić information content (AvgIpc) is 2.80. The van der Waals surface area contributed by atoms with Crippen LogP contribution in [0.1, 0.15) is 43.9 Å². The number of ether oxygens (including phenoxy) is 1. The molecule has 1 atom stereocenters. The van der Waals surface area contributed by atoms with Crippen molar-refractivity contribution >= 4 is 35.3 Å². The lowest BCUT2D eigenvalue weighted by Gasteiger charge is -2.43. The van der Waals surface area contributed by atoms with Crippen LogP contribution in [0.2, 0.25) is 5.02 Å². The smallest absolute Gasteiger partial charge is 0.410 e. The molecule has 2 aromatic carbocycles. The number of nitro benzene ring substituents is 1. The largest absolute Gasteiger partial charge is 0.415 e. The Bertz CT molecular complexity index is 1050. The molecule has 0 radical (unpaired) electrons. The molecule has 3 rings (SSSR count). The van der Waals surface area contributed by atoms with Crippen molar-refractivity contribution in [1.82, 2.24) is 4.90 Å². The first-order valence-corrected chi connectivity index (χ1v) is 10.9. The topological polar surface area (TPSA) is 143 Å². The predicted octanol–water partition coefficient (Wildman–Crippen LogP) is 4.80. The third-order valence-corrected chi connectivity index (χ3v) is 6.64. The number of non-ortho nitro benzene ring substituents is 1. The zero-order chi connectivity index (χ0) is 24.3. The molecule has 0 aliphatic carbocycles. The molecule has 1 amide bonds. The van der Waals surface area contributed by atoms with E-state index in [4.69, 9.17) is 27.5 Å². The van der Waals surface area contributed by atoms with E-state index >= 15 is 0 Å². The van der Waals surface area contributed by atoms with E-state index in [1.165, 1.54) is 24.3 Å². The molecule has 1 saturated heterocycles. The molecule has 0 bridgehead atoms. The number of nitrogens with one attached hydrogen (secondary N) is 1. The number of likely N-dealkylation sites (tertiary alicyclic amines) is 1. The van der Waals surface area contributed by atoms with Crippen LogP contribution in [-0.2, 0) is 0 Å². The highest BCUT2D eigenvalue weighted by Gasteiger charge is 2.40. The fraction of sp³-hybridized carbons (Fsp3) is 0.391. The number of nitrogens with zero attached hydrogens (tertiary/aromatic N) is 2. The second kappa shape index (κ2) is 9.76. The molecule has 1 aliphatic heterocycles. The minimum absolute atomic E-state index is 0.0792. The Hall–Kier alpha value is -3.17. The summed E-state index contributed by atoms with van der Waals surface area (Å²) in [6.07, 6.45) is 0.988. The molecular weight excluding hydrogens is 448 g/mol. The number of carbonyl (C=O) groups is 1. The Kier molecular flexibility index (Phi) is 7.24. The number of carbonyl (C=O) groups excluding carboxylic acids is 1. The predicted molar refractivity (Wildman–Crippen MR) is 126 cm³/mol. The molecule has 1 aliphatic rings. The average molecular weight is 475 g/mol. The number of amides is 1. The Labute approximate surface area is 196 Å². The van der Waals surface area contributed by atoms with Crippen LogP contribution in [0.25, 0.3) is 0 Å². The number of hydrogen-bond acceptors (Lipinski definition) is 7. The number of nitro groups is 1. The second-order valence-corrected chi connectivity index (χ2v) is 9.18. The maximum Gasteiger partial charge on any atom is 0.415 e. The molecule has 33 heavy (non-hydrogen) atoms. The summed E-state index contributed by atoms with van der Waals surface area (Å²) in [4.78, 5) is 24.3. The summed E-state index contributed by atoms with van der Waals surface area (Å²) in [5, 5.41) is 29.9. The van der Waals surface area contributed by atoms with E-state index < -0.39 is 22.5 Å². The lowest BCUT2D eigenvalue weighted by Crippen LogP contribution is -2.44. The number of anilines is 1. The van der Waals surface area contributed by atoms with Crippen molar-refractivity contribution in [2.45, 2.75) is 32.8 Å². The number of aliphatic hydroxyl groups excluding tert-OH is 1. The third kappa shape index (κ3) is 5.26. The Balaban J connectivity index is 1.64. The molecule has 1 fully saturated rings. The summed E-state index contributed by atoms with van der Waals surface area (Å²) >= 11 is 6.16. The third-order valence-electron chi connectivity index (χ3n) is 6.42. The van der Waals surface area contributed by atoms with E-state index in [2.05, 4.69) is 0 Å². The molecule has 9 nitrogen and oxygen atoms in total. The van der Waals surface area contributed by atoms with Gasteiger partial charge in [-0.1, -0.05) is 25.4 Å². The first-order chi connectivity index (χ1) is 15.5. The van der Waals surface area contributed by atoms with Gasteiger partial charge >= 0.3 is 6.09 Å². The van der Waals surface area contributed by atoms with Crippen molar-refractivity contribution in [2.75, 3.05) is 18.8 Å². The Morgan fingerprint density at radius 3 is 2.48 bits per heavy atom. The van der Waals surface area contributed by atoms with Gasteiger partial charge < -0.3 is 25.9 Å². The standard InChI is InChI=1S/C23H27ClN4O5/c1-23(2,21(29)19-12-16(24)11-14(13-25)20(19)26)15-7-9-27(10-8-15)22(30)33-18-5-3-17(4-6-18)28(31)32/h3-6,11-13,15,21,25,29H,7-10,26H2,1-2H3/t21-/m1/s1. The van der Waals surface area contributed by atoms with Crippen LogP contribution in [0.3, 0.4) is 0 Å². The van der Waals surface area contributed by atoms with Crippen LogP contribution in [0, 0.1) is 26.9 Å². The van der Waals surface area contributed by atoms with Gasteiger partial charge in [-0.2, -0.15) is 0 Å². The quantitative estimate of drug-likeness (QED) is 0.237. The van der Waals surface area contributed by atoms with Gasteiger partial charge in [-0.05, 0) is 48.4 Å². The molecule has 0 saturated carbocycles. The van der Waals surface area contributed by atoms with Gasteiger partial charge in [0.25, 0.3) is 5.69 Å². The summed E-state index contributed by atoms with van der Waals surface area (Å²) in [5.41, 5.74) is 6.81. The summed E-state index contributed by atoms with van der Waals surface area (Å²) in [7, 11) is 0. The Morgan fingerprint density at radius 2 is 1.94 bits per heavy atom. The molecule has 0 spiro atoms. The fourth-order valence-corrected chi connectivity index (χ4v) is 4.47. The first kappa shape index (κ1) is 24.5. The van der Waals surface area contributed by atoms with Crippen LogP contribution in [0.15, 0.2) is 36.4 Å². The van der Waals surface area contributed by atoms with Crippen molar-refractivity contribution in [2.24, 2.45) is 11.3 Å². The maximum atomic E-state index is 12.5. The number of benzene rings is 2. The number of piperidine rings is 1. The van der Waals surface area contributed by atoms with E-state index in [-0.39, 0.29) is 17.4 Å². The van der Waals surface area contributed by atoms with Gasteiger partial charge in [0.05, 0.1) is 11.0 Å². The molecular formula is C23H27ClN4O5. The van der Waals surface area contributed by atoms with Crippen LogP contribution >= 0.6 is 11.6 Å². The first-order valence-electron chi connectivity index (χ1n) is 10.5. The lowest BCUT2D eigenvalue weighted by atomic mass is 9.68. The summed E-state index contributed by atoms with van der Waals surface area (Å²) < 4.78 is 5.34. The van der Waals surface area contributed by atoms with E-state index in [0.29, 0.717) is 47.8 Å². The molecule has 0 unspecified atom stereocenters. The van der Waals surface area contributed by atoms with Crippen molar-refractivity contribution in [3.8, 4) is 5.75 Å². The van der Waals surface area contributed by atoms with Gasteiger partial charge in [0.2, 0.25) is 0 Å². The summed E-state index contributed by atoms with van der Waals surface area (Å²) in [5.74, 6) is 0.333. The minimum Gasteiger partial charge on any atom is -0.410 e. The van der Waals surface area contributed by atoms with E-state index in [0.717, 1.165) is 6.21 Å². The second-order valence-electron chi connectivity index (χ2n) is 8.75. The Morgan fingerprint density at radius 1 is 1.33 bits per heavy atom. The zero-order valence-electron chi connectivity index (χ0n) is 18.5. The number of rotatable bonds is 6. The van der Waals surface area contributed by atoms with E-state index in [9.17, 15) is 20.0 Å². The molecule has 0 aromatic heterocycles. The number of nitrogens with two attached hydrogens (primary N) is 1. The SMILES string of the molecule is CC(C)(C1CCN(C(=O)Oc2ccc([N+](=O)[O-])cc2)CC1)[C@H](O)c1cc(Cl)cc(C=N)c1N. The zero-order valence-corrected chi connectivity index (χ0v) is 19.2. The van der Waals surface area contributed by atoms with Crippen LogP contribution in [-0.4, -0.2) is 40.3 Å². The number of aliphatic hydroxyl groups is 1. The van der Waals surface area contributed by atoms with E-state index in [1.807, 2.05) is 13.8 Å². The maximum absolute atomic E-state index is 12.5. The van der Waals surface area contributed by atoms with E-state index in [1.54, 1.807) is 17.0 Å². The molecule has 10 heteroatoms.